The molecule has 1 heterocycles. The summed E-state index contributed by atoms with van der Waals surface area (Å²) in [5, 5.41) is 10.9. The summed E-state index contributed by atoms with van der Waals surface area (Å²) in [5.41, 5.74) is 0.145. The van der Waals surface area contributed by atoms with Gasteiger partial charge in [0.25, 0.3) is 0 Å². The maximum absolute atomic E-state index is 11.7. The lowest BCUT2D eigenvalue weighted by Crippen LogP contribution is -2.34. The van der Waals surface area contributed by atoms with E-state index in [0.717, 1.165) is 12.8 Å². The summed E-state index contributed by atoms with van der Waals surface area (Å²) in [4.78, 5) is 23.0. The second-order valence-electron chi connectivity index (χ2n) is 6.92. The van der Waals surface area contributed by atoms with E-state index in [9.17, 15) is 9.59 Å². The first-order valence-electron chi connectivity index (χ1n) is 7.57. The Hall–Kier alpha value is -1.92. The van der Waals surface area contributed by atoms with Crippen LogP contribution in [0.4, 0.5) is 4.79 Å². The number of ketones is 1. The molecular formula is C15H24N4O3. The number of alkyl carbamates (subject to hydrolysis) is 1. The highest BCUT2D eigenvalue weighted by atomic mass is 16.6. The molecule has 0 radical (unpaired) electrons. The standard InChI is InChI=1S/C15H24N4O3/c1-9(16-14(21)22-15(3,4)5)13-8-19(18-17-13)12-6-11(7-12)10(2)20/h8-9,11-12H,6-7H2,1-5H3,(H,16,21). The van der Waals surface area contributed by atoms with Gasteiger partial charge in [-0.05, 0) is 47.5 Å². The molecule has 1 N–H and O–H groups in total. The number of nitrogens with one attached hydrogen (secondary N) is 1. The molecule has 1 saturated carbocycles. The predicted molar refractivity (Wildman–Crippen MR) is 80.2 cm³/mol. The number of aromatic nitrogens is 3. The van der Waals surface area contributed by atoms with E-state index in [2.05, 4.69) is 15.6 Å². The van der Waals surface area contributed by atoms with Crippen LogP contribution in [0.15, 0.2) is 6.20 Å². The maximum atomic E-state index is 11.7. The first-order chi connectivity index (χ1) is 10.2. The van der Waals surface area contributed by atoms with Gasteiger partial charge in [0, 0.05) is 5.92 Å². The van der Waals surface area contributed by atoms with Gasteiger partial charge in [-0.25, -0.2) is 9.48 Å². The molecule has 122 valence electrons. The van der Waals surface area contributed by atoms with Gasteiger partial charge in [-0.15, -0.1) is 5.10 Å². The molecule has 7 heteroatoms. The lowest BCUT2D eigenvalue weighted by molar-refractivity contribution is -0.124. The molecule has 1 amide bonds. The van der Waals surface area contributed by atoms with Crippen LogP contribution in [-0.4, -0.2) is 32.5 Å². The lowest BCUT2D eigenvalue weighted by Gasteiger charge is -2.33. The number of hydrogen-bond acceptors (Lipinski definition) is 5. The van der Waals surface area contributed by atoms with Crippen molar-refractivity contribution in [3.05, 3.63) is 11.9 Å². The van der Waals surface area contributed by atoms with Crippen molar-refractivity contribution >= 4 is 11.9 Å². The molecule has 0 aliphatic heterocycles. The van der Waals surface area contributed by atoms with Crippen molar-refractivity contribution in [3.63, 3.8) is 0 Å². The molecule has 0 spiro atoms. The Bertz CT molecular complexity index is 555. The third-order valence-corrected chi connectivity index (χ3v) is 3.77. The van der Waals surface area contributed by atoms with Crippen LogP contribution in [0.2, 0.25) is 0 Å². The monoisotopic (exact) mass is 308 g/mol. The molecule has 7 nitrogen and oxygen atoms in total. The molecule has 1 aliphatic carbocycles. The predicted octanol–water partition coefficient (Wildman–Crippen LogP) is 2.40. The molecule has 0 bridgehead atoms. The molecule has 1 unspecified atom stereocenters. The van der Waals surface area contributed by atoms with E-state index in [1.165, 1.54) is 0 Å². The average Bonchev–Trinajstić information content (AvgIpc) is 2.72. The SMILES string of the molecule is CC(=O)C1CC(n2cc(C(C)NC(=O)OC(C)(C)C)nn2)C1. The van der Waals surface area contributed by atoms with Crippen molar-refractivity contribution in [2.24, 2.45) is 5.92 Å². The number of nitrogens with zero attached hydrogens (tertiary/aromatic N) is 3. The number of hydrogen-bond donors (Lipinski definition) is 1. The number of carbonyl (C=O) groups is 2. The molecule has 1 fully saturated rings. The molecule has 1 aliphatic rings. The maximum Gasteiger partial charge on any atom is 0.408 e. The lowest BCUT2D eigenvalue weighted by atomic mass is 9.78. The molecule has 1 atom stereocenters. The van der Waals surface area contributed by atoms with Gasteiger partial charge in [0.15, 0.2) is 0 Å². The van der Waals surface area contributed by atoms with E-state index in [0.29, 0.717) is 5.69 Å². The van der Waals surface area contributed by atoms with Crippen LogP contribution in [-0.2, 0) is 9.53 Å². The fraction of sp³-hybridized carbons (Fsp3) is 0.733. The highest BCUT2D eigenvalue weighted by molar-refractivity contribution is 5.79. The molecule has 0 saturated heterocycles. The van der Waals surface area contributed by atoms with Crippen LogP contribution in [0.3, 0.4) is 0 Å². The summed E-state index contributed by atoms with van der Waals surface area (Å²) in [5.74, 6) is 0.381. The minimum atomic E-state index is -0.533. The van der Waals surface area contributed by atoms with Gasteiger partial charge >= 0.3 is 6.09 Å². The van der Waals surface area contributed by atoms with Gasteiger partial charge in [0.05, 0.1) is 18.3 Å². The van der Waals surface area contributed by atoms with Gasteiger partial charge in [-0.3, -0.25) is 4.79 Å². The number of carbonyl (C=O) groups excluding carboxylic acids is 2. The second-order valence-corrected chi connectivity index (χ2v) is 6.92. The Kier molecular flexibility index (Phi) is 4.53. The Labute approximate surface area is 130 Å². The van der Waals surface area contributed by atoms with E-state index in [1.807, 2.05) is 33.9 Å². The minimum absolute atomic E-state index is 0.148. The normalized spacial score (nSPS) is 22.6. The summed E-state index contributed by atoms with van der Waals surface area (Å²) in [6.07, 6.45) is 2.97. The average molecular weight is 308 g/mol. The molecule has 22 heavy (non-hydrogen) atoms. The van der Waals surface area contributed by atoms with Crippen LogP contribution in [0.25, 0.3) is 0 Å². The first kappa shape index (κ1) is 16.5. The summed E-state index contributed by atoms with van der Waals surface area (Å²) >= 11 is 0. The Balaban J connectivity index is 1.89. The van der Waals surface area contributed by atoms with E-state index >= 15 is 0 Å². The van der Waals surface area contributed by atoms with Crippen LogP contribution in [0.1, 0.15) is 65.2 Å². The van der Waals surface area contributed by atoms with E-state index in [1.54, 1.807) is 11.6 Å². The Morgan fingerprint density at radius 3 is 2.59 bits per heavy atom. The van der Waals surface area contributed by atoms with Crippen molar-refractivity contribution in [2.75, 3.05) is 0 Å². The highest BCUT2D eigenvalue weighted by Gasteiger charge is 2.34. The first-order valence-corrected chi connectivity index (χ1v) is 7.57. The Morgan fingerprint density at radius 2 is 2.05 bits per heavy atom. The van der Waals surface area contributed by atoms with Crippen molar-refractivity contribution < 1.29 is 14.3 Å². The number of rotatable bonds is 4. The zero-order valence-corrected chi connectivity index (χ0v) is 13.8. The van der Waals surface area contributed by atoms with E-state index in [4.69, 9.17) is 4.74 Å². The van der Waals surface area contributed by atoms with Crippen molar-refractivity contribution in [1.29, 1.82) is 0 Å². The molecule has 2 rings (SSSR count). The third-order valence-electron chi connectivity index (χ3n) is 3.77. The number of amides is 1. The summed E-state index contributed by atoms with van der Waals surface area (Å²) < 4.78 is 6.99. The summed E-state index contributed by atoms with van der Waals surface area (Å²) in [6.45, 7) is 8.90. The van der Waals surface area contributed by atoms with Gasteiger partial charge in [0.2, 0.25) is 0 Å². The van der Waals surface area contributed by atoms with Crippen molar-refractivity contribution in [2.45, 2.75) is 65.1 Å². The zero-order chi connectivity index (χ0) is 16.5. The van der Waals surface area contributed by atoms with Crippen molar-refractivity contribution in [3.8, 4) is 0 Å². The van der Waals surface area contributed by atoms with Crippen LogP contribution in [0.5, 0.6) is 0 Å². The van der Waals surface area contributed by atoms with E-state index in [-0.39, 0.29) is 23.8 Å². The van der Waals surface area contributed by atoms with Crippen LogP contribution >= 0.6 is 0 Å². The fourth-order valence-electron chi connectivity index (χ4n) is 2.36. The van der Waals surface area contributed by atoms with Crippen LogP contribution < -0.4 is 5.32 Å². The number of Topliss-reactive ketones (excluding diaryl/α,β-unsaturated/α-hetero) is 1. The minimum Gasteiger partial charge on any atom is -0.444 e. The van der Waals surface area contributed by atoms with E-state index < -0.39 is 11.7 Å². The summed E-state index contributed by atoms with van der Waals surface area (Å²) in [7, 11) is 0. The topological polar surface area (TPSA) is 86.1 Å². The van der Waals surface area contributed by atoms with Gasteiger partial charge < -0.3 is 10.1 Å². The largest absolute Gasteiger partial charge is 0.444 e. The van der Waals surface area contributed by atoms with Gasteiger partial charge in [-0.1, -0.05) is 5.21 Å². The van der Waals surface area contributed by atoms with Crippen molar-refractivity contribution in [1.82, 2.24) is 20.3 Å². The fourth-order valence-corrected chi connectivity index (χ4v) is 2.36. The zero-order valence-electron chi connectivity index (χ0n) is 13.8. The quantitative estimate of drug-likeness (QED) is 0.923. The number of ether oxygens (including phenoxy) is 1. The van der Waals surface area contributed by atoms with Gasteiger partial charge in [0.1, 0.15) is 17.1 Å². The Morgan fingerprint density at radius 1 is 1.41 bits per heavy atom. The van der Waals surface area contributed by atoms with Crippen LogP contribution in [0, 0.1) is 5.92 Å². The highest BCUT2D eigenvalue weighted by Crippen LogP contribution is 2.37. The second kappa shape index (κ2) is 6.06. The molecular weight excluding hydrogens is 284 g/mol. The molecule has 0 aromatic carbocycles. The summed E-state index contributed by atoms with van der Waals surface area (Å²) in [6, 6.07) is -0.0591. The third kappa shape index (κ3) is 4.05. The molecule has 1 aromatic rings. The smallest absolute Gasteiger partial charge is 0.408 e. The molecule has 1 aromatic heterocycles. The van der Waals surface area contributed by atoms with Gasteiger partial charge in [-0.2, -0.15) is 0 Å².